The maximum absolute atomic E-state index is 11.4. The Labute approximate surface area is 128 Å². The second-order valence-electron chi connectivity index (χ2n) is 5.41. The fourth-order valence-electron chi connectivity index (χ4n) is 1.42. The Morgan fingerprint density at radius 2 is 2.00 bits per heavy atom. The molecule has 0 fully saturated rings. The van der Waals surface area contributed by atoms with Crippen LogP contribution >= 0.6 is 15.9 Å². The Morgan fingerprint density at radius 3 is 2.55 bits per heavy atom. The number of halogens is 1. The van der Waals surface area contributed by atoms with Gasteiger partial charge in [0.1, 0.15) is 5.60 Å². The van der Waals surface area contributed by atoms with Crippen molar-refractivity contribution >= 4 is 28.0 Å². The summed E-state index contributed by atoms with van der Waals surface area (Å²) in [4.78, 5) is 21.8. The molecular weight excluding hydrogens is 324 g/mol. The standard InChI is InChI=1S/C13H21BrN4O2/c1-13(2,3)20-12(19)15-6-5-7-18(4)11-16-8-10(14)9-17-11/h8-9H,5-7H2,1-4H3,(H,15,19). The quantitative estimate of drug-likeness (QED) is 0.831. The van der Waals surface area contributed by atoms with Gasteiger partial charge in [-0.25, -0.2) is 14.8 Å². The highest BCUT2D eigenvalue weighted by atomic mass is 79.9. The van der Waals surface area contributed by atoms with Gasteiger partial charge in [-0.3, -0.25) is 0 Å². The van der Waals surface area contributed by atoms with Crippen molar-refractivity contribution in [3.05, 3.63) is 16.9 Å². The SMILES string of the molecule is CN(CCCNC(=O)OC(C)(C)C)c1ncc(Br)cn1. The van der Waals surface area contributed by atoms with Crippen molar-refractivity contribution < 1.29 is 9.53 Å². The van der Waals surface area contributed by atoms with E-state index >= 15 is 0 Å². The molecule has 0 aliphatic rings. The van der Waals surface area contributed by atoms with E-state index < -0.39 is 5.60 Å². The highest BCUT2D eigenvalue weighted by Crippen LogP contribution is 2.10. The Hall–Kier alpha value is -1.37. The van der Waals surface area contributed by atoms with Crippen molar-refractivity contribution in [2.24, 2.45) is 0 Å². The first kappa shape index (κ1) is 16.7. The Morgan fingerprint density at radius 1 is 1.40 bits per heavy atom. The van der Waals surface area contributed by atoms with Crippen LogP contribution in [0.4, 0.5) is 10.7 Å². The van der Waals surface area contributed by atoms with Crippen molar-refractivity contribution in [1.82, 2.24) is 15.3 Å². The zero-order valence-corrected chi connectivity index (χ0v) is 13.9. The largest absolute Gasteiger partial charge is 0.444 e. The number of alkyl carbamates (subject to hydrolysis) is 1. The molecule has 0 atom stereocenters. The predicted molar refractivity (Wildman–Crippen MR) is 81.9 cm³/mol. The van der Waals surface area contributed by atoms with E-state index in [0.29, 0.717) is 12.5 Å². The second kappa shape index (κ2) is 7.42. The van der Waals surface area contributed by atoms with Crippen LogP contribution in [0.2, 0.25) is 0 Å². The molecule has 0 saturated carbocycles. The molecule has 0 bridgehead atoms. The minimum Gasteiger partial charge on any atom is -0.444 e. The van der Waals surface area contributed by atoms with Gasteiger partial charge >= 0.3 is 6.09 Å². The van der Waals surface area contributed by atoms with Crippen LogP contribution in [-0.2, 0) is 4.74 Å². The topological polar surface area (TPSA) is 67.4 Å². The number of nitrogens with zero attached hydrogens (tertiary/aromatic N) is 3. The van der Waals surface area contributed by atoms with E-state index in [9.17, 15) is 4.79 Å². The van der Waals surface area contributed by atoms with Gasteiger partial charge in [0.2, 0.25) is 5.95 Å². The van der Waals surface area contributed by atoms with Gasteiger partial charge in [-0.2, -0.15) is 0 Å². The highest BCUT2D eigenvalue weighted by molar-refractivity contribution is 9.10. The van der Waals surface area contributed by atoms with E-state index in [1.807, 2.05) is 32.7 Å². The van der Waals surface area contributed by atoms with Gasteiger partial charge in [0.15, 0.2) is 0 Å². The van der Waals surface area contributed by atoms with Crippen LogP contribution in [0.15, 0.2) is 16.9 Å². The second-order valence-corrected chi connectivity index (χ2v) is 6.32. The number of ether oxygens (including phenoxy) is 1. The number of carbonyl (C=O) groups excluding carboxylic acids is 1. The van der Waals surface area contributed by atoms with Crippen molar-refractivity contribution in [3.63, 3.8) is 0 Å². The van der Waals surface area contributed by atoms with Crippen LogP contribution < -0.4 is 10.2 Å². The monoisotopic (exact) mass is 344 g/mol. The van der Waals surface area contributed by atoms with Crippen molar-refractivity contribution in [3.8, 4) is 0 Å². The Kier molecular flexibility index (Phi) is 6.19. The lowest BCUT2D eigenvalue weighted by atomic mass is 10.2. The molecule has 7 heteroatoms. The number of amides is 1. The van der Waals surface area contributed by atoms with Crippen molar-refractivity contribution in [2.45, 2.75) is 32.8 Å². The maximum Gasteiger partial charge on any atom is 0.407 e. The van der Waals surface area contributed by atoms with Crippen molar-refractivity contribution in [2.75, 3.05) is 25.0 Å². The normalized spacial score (nSPS) is 11.1. The third-order valence-electron chi connectivity index (χ3n) is 2.29. The first-order valence-corrected chi connectivity index (χ1v) is 7.23. The van der Waals surface area contributed by atoms with E-state index in [1.165, 1.54) is 0 Å². The fraction of sp³-hybridized carbons (Fsp3) is 0.615. The minimum atomic E-state index is -0.466. The molecule has 0 aliphatic heterocycles. The molecule has 1 aromatic rings. The summed E-state index contributed by atoms with van der Waals surface area (Å²) in [6.45, 7) is 6.81. The number of anilines is 1. The molecule has 6 nitrogen and oxygen atoms in total. The van der Waals surface area contributed by atoms with E-state index in [2.05, 4.69) is 31.2 Å². The molecule has 1 rings (SSSR count). The number of nitrogens with one attached hydrogen (secondary N) is 1. The lowest BCUT2D eigenvalue weighted by Gasteiger charge is -2.20. The zero-order chi connectivity index (χ0) is 15.2. The third kappa shape index (κ3) is 6.70. The molecule has 0 spiro atoms. The molecule has 0 saturated heterocycles. The van der Waals surface area contributed by atoms with E-state index in [0.717, 1.165) is 17.4 Å². The number of hydrogen-bond donors (Lipinski definition) is 1. The third-order valence-corrected chi connectivity index (χ3v) is 2.70. The summed E-state index contributed by atoms with van der Waals surface area (Å²) >= 11 is 3.29. The van der Waals surface area contributed by atoms with Gasteiger partial charge in [-0.1, -0.05) is 0 Å². The van der Waals surface area contributed by atoms with Crippen LogP contribution in [0.3, 0.4) is 0 Å². The van der Waals surface area contributed by atoms with E-state index in [4.69, 9.17) is 4.74 Å². The van der Waals surface area contributed by atoms with Gasteiger partial charge in [-0.15, -0.1) is 0 Å². The van der Waals surface area contributed by atoms with Crippen LogP contribution in [0, 0.1) is 0 Å². The van der Waals surface area contributed by atoms with Crippen LogP contribution in [0.25, 0.3) is 0 Å². The Balaban J connectivity index is 2.24. The lowest BCUT2D eigenvalue weighted by Crippen LogP contribution is -2.34. The first-order valence-electron chi connectivity index (χ1n) is 6.43. The highest BCUT2D eigenvalue weighted by Gasteiger charge is 2.15. The first-order chi connectivity index (χ1) is 9.28. The molecule has 1 aromatic heterocycles. The molecule has 0 aliphatic carbocycles. The molecule has 1 amide bonds. The van der Waals surface area contributed by atoms with Crippen molar-refractivity contribution in [1.29, 1.82) is 0 Å². The number of hydrogen-bond acceptors (Lipinski definition) is 5. The number of rotatable bonds is 5. The number of aromatic nitrogens is 2. The maximum atomic E-state index is 11.4. The van der Waals surface area contributed by atoms with Crippen LogP contribution in [0.5, 0.6) is 0 Å². The van der Waals surface area contributed by atoms with Crippen LogP contribution in [0.1, 0.15) is 27.2 Å². The molecular formula is C13H21BrN4O2. The smallest absolute Gasteiger partial charge is 0.407 e. The molecule has 0 unspecified atom stereocenters. The van der Waals surface area contributed by atoms with Gasteiger partial charge in [0.05, 0.1) is 4.47 Å². The summed E-state index contributed by atoms with van der Waals surface area (Å²) in [6.07, 6.45) is 3.81. The van der Waals surface area contributed by atoms with Gasteiger partial charge in [0.25, 0.3) is 0 Å². The fourth-order valence-corrected chi connectivity index (χ4v) is 1.63. The van der Waals surface area contributed by atoms with Gasteiger partial charge in [0, 0.05) is 32.5 Å². The summed E-state index contributed by atoms with van der Waals surface area (Å²) in [6, 6.07) is 0. The Bertz CT molecular complexity index is 431. The summed E-state index contributed by atoms with van der Waals surface area (Å²) < 4.78 is 6.00. The molecule has 112 valence electrons. The summed E-state index contributed by atoms with van der Waals surface area (Å²) in [5.41, 5.74) is -0.466. The van der Waals surface area contributed by atoms with Gasteiger partial charge in [-0.05, 0) is 43.1 Å². The molecule has 0 aromatic carbocycles. The van der Waals surface area contributed by atoms with Gasteiger partial charge < -0.3 is 15.0 Å². The average Bonchev–Trinajstić information content (AvgIpc) is 2.33. The van der Waals surface area contributed by atoms with E-state index in [-0.39, 0.29) is 6.09 Å². The van der Waals surface area contributed by atoms with E-state index in [1.54, 1.807) is 12.4 Å². The lowest BCUT2D eigenvalue weighted by molar-refractivity contribution is 0.0527. The molecule has 1 heterocycles. The number of carbonyl (C=O) groups is 1. The molecule has 1 N–H and O–H groups in total. The minimum absolute atomic E-state index is 0.389. The predicted octanol–water partition coefficient (Wildman–Crippen LogP) is 2.59. The average molecular weight is 345 g/mol. The zero-order valence-electron chi connectivity index (χ0n) is 12.3. The molecule has 0 radical (unpaired) electrons. The molecule has 20 heavy (non-hydrogen) atoms. The summed E-state index contributed by atoms with van der Waals surface area (Å²) in [5.74, 6) is 0.658. The summed E-state index contributed by atoms with van der Waals surface area (Å²) in [5, 5.41) is 2.72. The van der Waals surface area contributed by atoms with Crippen LogP contribution in [-0.4, -0.2) is 41.8 Å². The summed E-state index contributed by atoms with van der Waals surface area (Å²) in [7, 11) is 1.91.